The third-order valence-corrected chi connectivity index (χ3v) is 5.14. The number of amides is 1. The first kappa shape index (κ1) is 12.0. The summed E-state index contributed by atoms with van der Waals surface area (Å²) in [5.41, 5.74) is 0. The van der Waals surface area contributed by atoms with Crippen LogP contribution in [0.2, 0.25) is 0 Å². The average Bonchev–Trinajstić information content (AvgIpc) is 3.00. The van der Waals surface area contributed by atoms with E-state index in [0.717, 1.165) is 31.7 Å². The SMILES string of the molecule is O=C(O)[C@H]1CCCN(C(=O)C2CC3CCC2C3)C1. The number of likely N-dealkylation sites (tertiary alicyclic amines) is 1. The number of carbonyl (C=O) groups is 2. The van der Waals surface area contributed by atoms with E-state index in [0.29, 0.717) is 12.5 Å². The minimum Gasteiger partial charge on any atom is -0.481 e. The number of carboxylic acid groups (broad SMARTS) is 1. The van der Waals surface area contributed by atoms with Gasteiger partial charge in [-0.1, -0.05) is 6.42 Å². The van der Waals surface area contributed by atoms with Crippen LogP contribution in [0.4, 0.5) is 0 Å². The molecule has 1 saturated heterocycles. The molecule has 4 heteroatoms. The van der Waals surface area contributed by atoms with Gasteiger partial charge in [-0.2, -0.15) is 0 Å². The van der Waals surface area contributed by atoms with Gasteiger partial charge < -0.3 is 10.0 Å². The van der Waals surface area contributed by atoms with Crippen LogP contribution in [0.15, 0.2) is 0 Å². The van der Waals surface area contributed by atoms with Crippen molar-refractivity contribution in [2.24, 2.45) is 23.7 Å². The van der Waals surface area contributed by atoms with Gasteiger partial charge in [-0.25, -0.2) is 0 Å². The molecule has 18 heavy (non-hydrogen) atoms. The molecule has 0 spiro atoms. The molecule has 1 amide bonds. The number of carbonyl (C=O) groups excluding carboxylic acids is 1. The van der Waals surface area contributed by atoms with Crippen LogP contribution in [0, 0.1) is 23.7 Å². The first-order valence-corrected chi connectivity index (χ1v) is 7.16. The van der Waals surface area contributed by atoms with Gasteiger partial charge in [0, 0.05) is 19.0 Å². The predicted molar refractivity (Wildman–Crippen MR) is 65.9 cm³/mol. The average molecular weight is 251 g/mol. The zero-order chi connectivity index (χ0) is 12.7. The van der Waals surface area contributed by atoms with Crippen LogP contribution in [0.1, 0.15) is 38.5 Å². The van der Waals surface area contributed by atoms with Gasteiger partial charge in [-0.15, -0.1) is 0 Å². The fourth-order valence-electron chi connectivity index (χ4n) is 4.16. The highest BCUT2D eigenvalue weighted by Gasteiger charge is 2.45. The second-order valence-corrected chi connectivity index (χ2v) is 6.24. The monoisotopic (exact) mass is 251 g/mol. The number of piperidine rings is 1. The van der Waals surface area contributed by atoms with Crippen LogP contribution in [-0.2, 0) is 9.59 Å². The number of hydrogen-bond donors (Lipinski definition) is 1. The quantitative estimate of drug-likeness (QED) is 0.813. The van der Waals surface area contributed by atoms with Crippen LogP contribution < -0.4 is 0 Å². The molecule has 100 valence electrons. The Bertz CT molecular complexity index is 368. The Labute approximate surface area is 107 Å². The van der Waals surface area contributed by atoms with E-state index in [9.17, 15) is 9.59 Å². The molecule has 2 bridgehead atoms. The summed E-state index contributed by atoms with van der Waals surface area (Å²) in [4.78, 5) is 25.4. The van der Waals surface area contributed by atoms with E-state index in [1.54, 1.807) is 0 Å². The highest BCUT2D eigenvalue weighted by atomic mass is 16.4. The summed E-state index contributed by atoms with van der Waals surface area (Å²) in [6.45, 7) is 1.19. The Morgan fingerprint density at radius 1 is 1.11 bits per heavy atom. The molecular formula is C14H21NO3. The van der Waals surface area contributed by atoms with E-state index in [-0.39, 0.29) is 17.7 Å². The number of aliphatic carboxylic acids is 1. The fourth-order valence-corrected chi connectivity index (χ4v) is 4.16. The highest BCUT2D eigenvalue weighted by Crippen LogP contribution is 2.49. The maximum Gasteiger partial charge on any atom is 0.308 e. The summed E-state index contributed by atoms with van der Waals surface area (Å²) >= 11 is 0. The molecule has 2 aliphatic carbocycles. The summed E-state index contributed by atoms with van der Waals surface area (Å²) < 4.78 is 0. The van der Waals surface area contributed by atoms with Crippen LogP contribution >= 0.6 is 0 Å². The third kappa shape index (κ3) is 2.02. The Hall–Kier alpha value is -1.06. The summed E-state index contributed by atoms with van der Waals surface area (Å²) in [5, 5.41) is 9.07. The number of nitrogens with zero attached hydrogens (tertiary/aromatic N) is 1. The van der Waals surface area contributed by atoms with Crippen molar-refractivity contribution in [2.75, 3.05) is 13.1 Å². The van der Waals surface area contributed by atoms with E-state index in [4.69, 9.17) is 5.11 Å². The molecule has 4 atom stereocenters. The van der Waals surface area contributed by atoms with E-state index in [2.05, 4.69) is 0 Å². The Balaban J connectivity index is 1.64. The van der Waals surface area contributed by atoms with Gasteiger partial charge in [0.25, 0.3) is 0 Å². The number of hydrogen-bond acceptors (Lipinski definition) is 2. The third-order valence-electron chi connectivity index (χ3n) is 5.14. The van der Waals surface area contributed by atoms with Crippen molar-refractivity contribution in [3.63, 3.8) is 0 Å². The molecule has 3 unspecified atom stereocenters. The second-order valence-electron chi connectivity index (χ2n) is 6.24. The molecule has 0 aromatic rings. The van der Waals surface area contributed by atoms with E-state index in [1.165, 1.54) is 19.3 Å². The zero-order valence-corrected chi connectivity index (χ0v) is 10.7. The summed E-state index contributed by atoms with van der Waals surface area (Å²) in [6.07, 6.45) is 6.34. The normalized spacial score (nSPS) is 39.0. The standard InChI is InChI=1S/C14H21NO3/c16-13(12-7-9-3-4-10(12)6-9)15-5-1-2-11(8-15)14(17)18/h9-12H,1-8H2,(H,17,18)/t9?,10?,11-,12?/m0/s1. The molecule has 1 aliphatic heterocycles. The van der Waals surface area contributed by atoms with Crippen molar-refractivity contribution in [3.05, 3.63) is 0 Å². The highest BCUT2D eigenvalue weighted by molar-refractivity contribution is 5.81. The Kier molecular flexibility index (Phi) is 3.04. The van der Waals surface area contributed by atoms with Crippen molar-refractivity contribution in [2.45, 2.75) is 38.5 Å². The van der Waals surface area contributed by atoms with Crippen molar-refractivity contribution < 1.29 is 14.7 Å². The molecule has 3 rings (SSSR count). The fraction of sp³-hybridized carbons (Fsp3) is 0.857. The largest absolute Gasteiger partial charge is 0.481 e. The molecule has 4 nitrogen and oxygen atoms in total. The van der Waals surface area contributed by atoms with Crippen molar-refractivity contribution in [1.29, 1.82) is 0 Å². The number of carboxylic acids is 1. The molecule has 0 radical (unpaired) electrons. The van der Waals surface area contributed by atoms with Gasteiger partial charge in [0.15, 0.2) is 0 Å². The molecule has 2 saturated carbocycles. The second kappa shape index (κ2) is 4.56. The minimum atomic E-state index is -0.750. The maximum absolute atomic E-state index is 12.5. The van der Waals surface area contributed by atoms with Crippen LogP contribution in [0.3, 0.4) is 0 Å². The summed E-state index contributed by atoms with van der Waals surface area (Å²) in [6, 6.07) is 0. The van der Waals surface area contributed by atoms with Gasteiger partial charge >= 0.3 is 5.97 Å². The Morgan fingerprint density at radius 3 is 2.56 bits per heavy atom. The lowest BCUT2D eigenvalue weighted by atomic mass is 9.86. The van der Waals surface area contributed by atoms with Gasteiger partial charge in [0.05, 0.1) is 5.92 Å². The first-order valence-electron chi connectivity index (χ1n) is 7.16. The van der Waals surface area contributed by atoms with Gasteiger partial charge in [0.2, 0.25) is 5.91 Å². The summed E-state index contributed by atoms with van der Waals surface area (Å²) in [7, 11) is 0. The smallest absolute Gasteiger partial charge is 0.308 e. The molecule has 0 aromatic heterocycles. The molecule has 1 N–H and O–H groups in total. The van der Waals surface area contributed by atoms with Crippen LogP contribution in [-0.4, -0.2) is 35.0 Å². The lowest BCUT2D eigenvalue weighted by Crippen LogP contribution is -2.45. The molecule has 3 aliphatic rings. The lowest BCUT2D eigenvalue weighted by molar-refractivity contribution is -0.147. The van der Waals surface area contributed by atoms with Gasteiger partial charge in [-0.05, 0) is 43.9 Å². The number of fused-ring (bicyclic) bond motifs is 2. The molecule has 3 fully saturated rings. The van der Waals surface area contributed by atoms with E-state index in [1.807, 2.05) is 4.90 Å². The van der Waals surface area contributed by atoms with E-state index >= 15 is 0 Å². The topological polar surface area (TPSA) is 57.6 Å². The molecule has 1 heterocycles. The van der Waals surface area contributed by atoms with Crippen molar-refractivity contribution in [1.82, 2.24) is 4.90 Å². The number of rotatable bonds is 2. The van der Waals surface area contributed by atoms with Gasteiger partial charge in [-0.3, -0.25) is 9.59 Å². The summed E-state index contributed by atoms with van der Waals surface area (Å²) in [5.74, 6) is 0.711. The zero-order valence-electron chi connectivity index (χ0n) is 10.7. The minimum absolute atomic E-state index is 0.205. The molecular weight excluding hydrogens is 230 g/mol. The Morgan fingerprint density at radius 2 is 1.94 bits per heavy atom. The lowest BCUT2D eigenvalue weighted by Gasteiger charge is -2.34. The predicted octanol–water partition coefficient (Wildman–Crippen LogP) is 1.75. The first-order chi connectivity index (χ1) is 8.65. The maximum atomic E-state index is 12.5. The van der Waals surface area contributed by atoms with Crippen molar-refractivity contribution >= 4 is 11.9 Å². The van der Waals surface area contributed by atoms with Crippen LogP contribution in [0.5, 0.6) is 0 Å². The van der Waals surface area contributed by atoms with Crippen LogP contribution in [0.25, 0.3) is 0 Å². The van der Waals surface area contributed by atoms with Gasteiger partial charge in [0.1, 0.15) is 0 Å². The van der Waals surface area contributed by atoms with E-state index < -0.39 is 5.97 Å². The van der Waals surface area contributed by atoms with Crippen molar-refractivity contribution in [3.8, 4) is 0 Å². The molecule has 0 aromatic carbocycles.